The zero-order valence-electron chi connectivity index (χ0n) is 17.7. The second-order valence-corrected chi connectivity index (χ2v) is 8.24. The lowest BCUT2D eigenvalue weighted by molar-refractivity contribution is 0.0792. The van der Waals surface area contributed by atoms with Gasteiger partial charge in [-0.2, -0.15) is 5.10 Å². The zero-order chi connectivity index (χ0) is 22.0. The Morgan fingerprint density at radius 3 is 2.55 bits per heavy atom. The first-order chi connectivity index (χ1) is 14.9. The normalized spacial score (nSPS) is 13.5. The molecule has 0 aliphatic carbocycles. The van der Waals surface area contributed by atoms with Crippen LogP contribution in [0.5, 0.6) is 0 Å². The molecule has 0 bridgehead atoms. The molecule has 31 heavy (non-hydrogen) atoms. The van der Waals surface area contributed by atoms with Gasteiger partial charge in [-0.3, -0.25) is 14.3 Å². The summed E-state index contributed by atoms with van der Waals surface area (Å²) in [6.45, 7) is 5.76. The zero-order valence-corrected chi connectivity index (χ0v) is 18.4. The van der Waals surface area contributed by atoms with Gasteiger partial charge in [-0.1, -0.05) is 35.9 Å². The highest BCUT2D eigenvalue weighted by atomic mass is 35.5. The first-order valence-corrected chi connectivity index (χ1v) is 10.8. The summed E-state index contributed by atoms with van der Waals surface area (Å²) in [4.78, 5) is 27.6. The van der Waals surface area contributed by atoms with Crippen molar-refractivity contribution >= 4 is 29.1 Å². The minimum atomic E-state index is -0.244. The topological polar surface area (TPSA) is 67.2 Å². The number of rotatable bonds is 5. The molecule has 0 spiro atoms. The number of anilines is 1. The number of hydrogen-bond donors (Lipinski definition) is 1. The number of hydrogen-bond acceptors (Lipinski definition) is 3. The van der Waals surface area contributed by atoms with Crippen molar-refractivity contribution in [3.8, 4) is 0 Å². The van der Waals surface area contributed by atoms with Crippen LogP contribution in [0.15, 0.2) is 48.5 Å². The van der Waals surface area contributed by atoms with E-state index in [2.05, 4.69) is 10.4 Å². The number of benzene rings is 2. The number of nitrogens with zero attached hydrogens (tertiary/aromatic N) is 3. The van der Waals surface area contributed by atoms with Crippen LogP contribution in [0.25, 0.3) is 0 Å². The van der Waals surface area contributed by atoms with Crippen LogP contribution in [0.3, 0.4) is 0 Å². The van der Waals surface area contributed by atoms with Crippen LogP contribution >= 0.6 is 11.6 Å². The quantitative estimate of drug-likeness (QED) is 0.630. The van der Waals surface area contributed by atoms with Crippen LogP contribution in [0.4, 0.5) is 5.69 Å². The molecule has 7 heteroatoms. The number of carbonyl (C=O) groups is 2. The lowest BCUT2D eigenvalue weighted by Crippen LogP contribution is -2.27. The minimum absolute atomic E-state index is 0.00789. The second kappa shape index (κ2) is 8.94. The molecule has 1 aliphatic rings. The minimum Gasteiger partial charge on any atom is -0.339 e. The smallest absolute Gasteiger partial charge is 0.259 e. The van der Waals surface area contributed by atoms with Crippen molar-refractivity contribution in [1.29, 1.82) is 0 Å². The molecule has 1 saturated heterocycles. The van der Waals surface area contributed by atoms with Gasteiger partial charge in [0, 0.05) is 35.1 Å². The summed E-state index contributed by atoms with van der Waals surface area (Å²) < 4.78 is 1.79. The van der Waals surface area contributed by atoms with Gasteiger partial charge in [-0.05, 0) is 56.5 Å². The van der Waals surface area contributed by atoms with Crippen LogP contribution in [0, 0.1) is 13.8 Å². The Balaban J connectivity index is 1.53. The molecular formula is C24H25ClN4O2. The fraction of sp³-hybridized carbons (Fsp3) is 0.292. The Hall–Kier alpha value is -3.12. The Morgan fingerprint density at radius 2 is 1.81 bits per heavy atom. The highest BCUT2D eigenvalue weighted by Crippen LogP contribution is 2.21. The number of aryl methyl sites for hydroxylation is 1. The predicted molar refractivity (Wildman–Crippen MR) is 122 cm³/mol. The largest absolute Gasteiger partial charge is 0.339 e. The molecule has 0 atom stereocenters. The Labute approximate surface area is 186 Å². The van der Waals surface area contributed by atoms with E-state index in [4.69, 9.17) is 11.6 Å². The molecule has 2 aromatic carbocycles. The number of likely N-dealkylation sites (tertiary alicyclic amines) is 1. The van der Waals surface area contributed by atoms with E-state index in [-0.39, 0.29) is 11.8 Å². The van der Waals surface area contributed by atoms with E-state index in [1.165, 1.54) is 0 Å². The summed E-state index contributed by atoms with van der Waals surface area (Å²) in [6, 6.07) is 14.7. The molecule has 1 aromatic heterocycles. The highest BCUT2D eigenvalue weighted by Gasteiger charge is 2.22. The SMILES string of the molecule is Cc1nn(Cc2ccccc2Cl)c(C)c1C(=O)Nc1cccc(C(=O)N2CCCC2)c1. The van der Waals surface area contributed by atoms with Crippen LogP contribution < -0.4 is 5.32 Å². The van der Waals surface area contributed by atoms with E-state index in [1.807, 2.05) is 43.0 Å². The highest BCUT2D eigenvalue weighted by molar-refractivity contribution is 6.31. The van der Waals surface area contributed by atoms with E-state index in [0.29, 0.717) is 34.1 Å². The third-order valence-corrected chi connectivity index (χ3v) is 6.02. The van der Waals surface area contributed by atoms with Crippen LogP contribution in [0.1, 0.15) is 50.5 Å². The van der Waals surface area contributed by atoms with Gasteiger partial charge in [0.2, 0.25) is 0 Å². The van der Waals surface area contributed by atoms with E-state index in [9.17, 15) is 9.59 Å². The molecule has 1 fully saturated rings. The average molecular weight is 437 g/mol. The lowest BCUT2D eigenvalue weighted by Gasteiger charge is -2.16. The van der Waals surface area contributed by atoms with Gasteiger partial charge in [0.25, 0.3) is 11.8 Å². The molecule has 160 valence electrons. The van der Waals surface area contributed by atoms with Crippen molar-refractivity contribution in [2.24, 2.45) is 0 Å². The van der Waals surface area contributed by atoms with Gasteiger partial charge in [-0.15, -0.1) is 0 Å². The molecule has 2 amide bonds. The van der Waals surface area contributed by atoms with Gasteiger partial charge >= 0.3 is 0 Å². The number of amides is 2. The fourth-order valence-electron chi connectivity index (χ4n) is 3.99. The summed E-state index contributed by atoms with van der Waals surface area (Å²) in [5, 5.41) is 8.14. The van der Waals surface area contributed by atoms with Crippen molar-refractivity contribution in [3.63, 3.8) is 0 Å². The van der Waals surface area contributed by atoms with Crippen molar-refractivity contribution < 1.29 is 9.59 Å². The van der Waals surface area contributed by atoms with E-state index in [1.54, 1.807) is 28.9 Å². The van der Waals surface area contributed by atoms with E-state index in [0.717, 1.165) is 37.2 Å². The third-order valence-electron chi connectivity index (χ3n) is 5.65. The summed E-state index contributed by atoms with van der Waals surface area (Å²) in [5.41, 5.74) is 4.05. The van der Waals surface area contributed by atoms with Crippen molar-refractivity contribution in [1.82, 2.24) is 14.7 Å². The van der Waals surface area contributed by atoms with Gasteiger partial charge in [0.05, 0.1) is 17.8 Å². The monoisotopic (exact) mass is 436 g/mol. The summed E-state index contributed by atoms with van der Waals surface area (Å²) in [5.74, 6) is -0.236. The van der Waals surface area contributed by atoms with E-state index < -0.39 is 0 Å². The van der Waals surface area contributed by atoms with Crippen LogP contribution in [-0.4, -0.2) is 39.6 Å². The van der Waals surface area contributed by atoms with Crippen molar-refractivity contribution in [2.75, 3.05) is 18.4 Å². The molecule has 3 aromatic rings. The molecule has 1 N–H and O–H groups in total. The Morgan fingerprint density at radius 1 is 1.06 bits per heavy atom. The maximum Gasteiger partial charge on any atom is 0.259 e. The van der Waals surface area contributed by atoms with Crippen molar-refractivity contribution in [2.45, 2.75) is 33.2 Å². The summed E-state index contributed by atoms with van der Waals surface area (Å²) in [7, 11) is 0. The van der Waals surface area contributed by atoms with Crippen LogP contribution in [0.2, 0.25) is 5.02 Å². The van der Waals surface area contributed by atoms with E-state index >= 15 is 0 Å². The molecule has 4 rings (SSSR count). The van der Waals surface area contributed by atoms with Crippen LogP contribution in [-0.2, 0) is 6.54 Å². The fourth-order valence-corrected chi connectivity index (χ4v) is 4.19. The maximum atomic E-state index is 13.0. The lowest BCUT2D eigenvalue weighted by atomic mass is 10.1. The molecule has 2 heterocycles. The molecular weight excluding hydrogens is 412 g/mol. The number of halogens is 1. The van der Waals surface area contributed by atoms with Gasteiger partial charge in [-0.25, -0.2) is 0 Å². The maximum absolute atomic E-state index is 13.0. The Bertz CT molecular complexity index is 1130. The van der Waals surface area contributed by atoms with Crippen molar-refractivity contribution in [3.05, 3.63) is 81.6 Å². The first kappa shape index (κ1) is 21.1. The third kappa shape index (κ3) is 4.49. The van der Waals surface area contributed by atoms with Gasteiger partial charge in [0.15, 0.2) is 0 Å². The molecule has 0 saturated carbocycles. The molecule has 1 aliphatic heterocycles. The average Bonchev–Trinajstić information content (AvgIpc) is 3.38. The predicted octanol–water partition coefficient (Wildman–Crippen LogP) is 4.69. The van der Waals surface area contributed by atoms with Gasteiger partial charge < -0.3 is 10.2 Å². The number of aromatic nitrogens is 2. The number of carbonyl (C=O) groups excluding carboxylic acids is 2. The molecule has 0 unspecified atom stereocenters. The molecule has 0 radical (unpaired) electrons. The summed E-state index contributed by atoms with van der Waals surface area (Å²) >= 11 is 6.28. The Kier molecular flexibility index (Phi) is 6.09. The second-order valence-electron chi connectivity index (χ2n) is 7.83. The van der Waals surface area contributed by atoms with Gasteiger partial charge in [0.1, 0.15) is 0 Å². The molecule has 6 nitrogen and oxygen atoms in total. The summed E-state index contributed by atoms with van der Waals surface area (Å²) in [6.07, 6.45) is 2.08. The number of nitrogens with one attached hydrogen (secondary N) is 1. The standard InChI is InChI=1S/C24H25ClN4O2/c1-16-22(17(2)29(27-16)15-19-8-3-4-11-21(19)25)23(30)26-20-10-7-9-18(14-20)24(31)28-12-5-6-13-28/h3-4,7-11,14H,5-6,12-13,15H2,1-2H3,(H,26,30). The first-order valence-electron chi connectivity index (χ1n) is 10.4.